The molecular weight excluding hydrogens is 192 g/mol. The van der Waals surface area contributed by atoms with Gasteiger partial charge in [0.1, 0.15) is 6.61 Å². The average molecular weight is 207 g/mol. The molecule has 13 heavy (non-hydrogen) atoms. The van der Waals surface area contributed by atoms with Gasteiger partial charge in [0, 0.05) is 6.54 Å². The van der Waals surface area contributed by atoms with E-state index < -0.39 is 0 Å². The zero-order valence-corrected chi connectivity index (χ0v) is 8.28. The number of ether oxygens (including phenoxy) is 1. The molecule has 2 saturated heterocycles. The van der Waals surface area contributed by atoms with E-state index in [4.69, 9.17) is 4.74 Å². The first kappa shape index (κ1) is 10.8. The maximum Gasteiger partial charge on any atom is 0.246 e. The van der Waals surface area contributed by atoms with Crippen LogP contribution < -0.4 is 10.6 Å². The van der Waals surface area contributed by atoms with Gasteiger partial charge in [0.15, 0.2) is 0 Å². The predicted octanol–water partition coefficient (Wildman–Crippen LogP) is -0.323. The van der Waals surface area contributed by atoms with E-state index in [0.717, 1.165) is 25.9 Å². The first-order valence-electron chi connectivity index (χ1n) is 4.40. The summed E-state index contributed by atoms with van der Waals surface area (Å²) in [5, 5.41) is 6.28. The third-order valence-corrected chi connectivity index (χ3v) is 2.49. The molecule has 2 N–H and O–H groups in total. The fourth-order valence-corrected chi connectivity index (χ4v) is 1.90. The van der Waals surface area contributed by atoms with Crippen molar-refractivity contribution >= 4 is 18.3 Å². The maximum absolute atomic E-state index is 11.1. The highest BCUT2D eigenvalue weighted by molar-refractivity contribution is 5.85. The summed E-state index contributed by atoms with van der Waals surface area (Å²) >= 11 is 0. The number of amides is 1. The SMILES string of the molecule is Cl.O=C1COCC2(CCCNC2)N1. The van der Waals surface area contributed by atoms with Crippen LogP contribution in [0.15, 0.2) is 0 Å². The molecule has 1 unspecified atom stereocenters. The Balaban J connectivity index is 0.000000845. The van der Waals surface area contributed by atoms with Gasteiger partial charge in [-0.2, -0.15) is 0 Å². The summed E-state index contributed by atoms with van der Waals surface area (Å²) in [5.74, 6) is 0.0185. The molecule has 0 saturated carbocycles. The second kappa shape index (κ2) is 4.26. The van der Waals surface area contributed by atoms with Crippen LogP contribution in [0.25, 0.3) is 0 Å². The molecule has 2 fully saturated rings. The van der Waals surface area contributed by atoms with Gasteiger partial charge >= 0.3 is 0 Å². The molecule has 5 heteroatoms. The minimum atomic E-state index is -0.104. The highest BCUT2D eigenvalue weighted by atomic mass is 35.5. The van der Waals surface area contributed by atoms with Gasteiger partial charge < -0.3 is 15.4 Å². The molecule has 0 aromatic carbocycles. The zero-order chi connectivity index (χ0) is 8.44. The molecule has 2 aliphatic heterocycles. The Morgan fingerprint density at radius 3 is 2.92 bits per heavy atom. The van der Waals surface area contributed by atoms with Gasteiger partial charge in [0.05, 0.1) is 12.1 Å². The summed E-state index contributed by atoms with van der Waals surface area (Å²) in [4.78, 5) is 11.1. The van der Waals surface area contributed by atoms with E-state index in [9.17, 15) is 4.79 Å². The molecule has 4 nitrogen and oxygen atoms in total. The predicted molar refractivity (Wildman–Crippen MR) is 51.0 cm³/mol. The minimum absolute atomic E-state index is 0. The molecule has 2 aliphatic rings. The third-order valence-electron chi connectivity index (χ3n) is 2.49. The van der Waals surface area contributed by atoms with Crippen LogP contribution in [0, 0.1) is 0 Å². The van der Waals surface area contributed by atoms with E-state index >= 15 is 0 Å². The molecule has 0 bridgehead atoms. The molecule has 0 aromatic heterocycles. The number of hydrogen-bond acceptors (Lipinski definition) is 3. The van der Waals surface area contributed by atoms with E-state index in [2.05, 4.69) is 10.6 Å². The van der Waals surface area contributed by atoms with E-state index in [0.29, 0.717) is 6.61 Å². The van der Waals surface area contributed by atoms with Crippen LogP contribution in [0.5, 0.6) is 0 Å². The monoisotopic (exact) mass is 206 g/mol. The number of carbonyl (C=O) groups is 1. The third kappa shape index (κ3) is 2.33. The molecule has 2 rings (SSSR count). The van der Waals surface area contributed by atoms with Crippen molar-refractivity contribution in [1.29, 1.82) is 0 Å². The Morgan fingerprint density at radius 1 is 1.46 bits per heavy atom. The summed E-state index contributed by atoms with van der Waals surface area (Å²) in [7, 11) is 0. The van der Waals surface area contributed by atoms with Gasteiger partial charge in [-0.3, -0.25) is 4.79 Å². The van der Waals surface area contributed by atoms with Crippen LogP contribution in [0.4, 0.5) is 0 Å². The van der Waals surface area contributed by atoms with Crippen molar-refractivity contribution in [2.24, 2.45) is 0 Å². The summed E-state index contributed by atoms with van der Waals surface area (Å²) in [6.07, 6.45) is 2.15. The van der Waals surface area contributed by atoms with Gasteiger partial charge in [-0.1, -0.05) is 0 Å². The second-order valence-corrected chi connectivity index (χ2v) is 3.60. The molecule has 2 heterocycles. The quantitative estimate of drug-likeness (QED) is 0.571. The first-order valence-corrected chi connectivity index (χ1v) is 4.40. The number of hydrogen-bond donors (Lipinski definition) is 2. The van der Waals surface area contributed by atoms with E-state index in [-0.39, 0.29) is 30.5 Å². The van der Waals surface area contributed by atoms with Crippen molar-refractivity contribution in [3.63, 3.8) is 0 Å². The number of halogens is 1. The Bertz CT molecular complexity index is 187. The van der Waals surface area contributed by atoms with Crippen LogP contribution in [0.1, 0.15) is 12.8 Å². The van der Waals surface area contributed by atoms with Crippen LogP contribution >= 0.6 is 12.4 Å². The first-order chi connectivity index (χ1) is 5.81. The molecule has 0 aliphatic carbocycles. The molecular formula is C8H15ClN2O2. The standard InChI is InChI=1S/C8H14N2O2.ClH/c11-7-4-12-6-8(10-7)2-1-3-9-5-8;/h9H,1-6H2,(H,10,11);1H. The van der Waals surface area contributed by atoms with Gasteiger partial charge in [-0.05, 0) is 19.4 Å². The largest absolute Gasteiger partial charge is 0.369 e. The fraction of sp³-hybridized carbons (Fsp3) is 0.875. The van der Waals surface area contributed by atoms with Crippen molar-refractivity contribution in [2.45, 2.75) is 18.4 Å². The average Bonchev–Trinajstić information content (AvgIpc) is 2.05. The number of rotatable bonds is 0. The fourth-order valence-electron chi connectivity index (χ4n) is 1.90. The summed E-state index contributed by atoms with van der Waals surface area (Å²) in [6, 6.07) is 0. The normalized spacial score (nSPS) is 33.7. The molecule has 0 aromatic rings. The minimum Gasteiger partial charge on any atom is -0.369 e. The lowest BCUT2D eigenvalue weighted by Gasteiger charge is -2.40. The molecule has 0 radical (unpaired) electrons. The van der Waals surface area contributed by atoms with Crippen molar-refractivity contribution in [1.82, 2.24) is 10.6 Å². The summed E-state index contributed by atoms with van der Waals surface area (Å²) in [6.45, 7) is 2.78. The molecule has 1 spiro atoms. The molecule has 1 atom stereocenters. The number of piperidine rings is 1. The van der Waals surface area contributed by atoms with E-state index in [1.807, 2.05) is 0 Å². The topological polar surface area (TPSA) is 50.4 Å². The number of morpholine rings is 1. The maximum atomic E-state index is 11.1. The van der Waals surface area contributed by atoms with Crippen LogP contribution in [-0.2, 0) is 9.53 Å². The van der Waals surface area contributed by atoms with Gasteiger partial charge in [-0.15, -0.1) is 12.4 Å². The summed E-state index contributed by atoms with van der Waals surface area (Å²) in [5.41, 5.74) is -0.104. The van der Waals surface area contributed by atoms with Gasteiger partial charge in [0.2, 0.25) is 5.91 Å². The van der Waals surface area contributed by atoms with Gasteiger partial charge in [-0.25, -0.2) is 0 Å². The van der Waals surface area contributed by atoms with Crippen molar-refractivity contribution in [3.05, 3.63) is 0 Å². The van der Waals surface area contributed by atoms with Crippen molar-refractivity contribution in [2.75, 3.05) is 26.3 Å². The van der Waals surface area contributed by atoms with Gasteiger partial charge in [0.25, 0.3) is 0 Å². The summed E-state index contributed by atoms with van der Waals surface area (Å²) < 4.78 is 5.22. The lowest BCUT2D eigenvalue weighted by atomic mass is 9.90. The zero-order valence-electron chi connectivity index (χ0n) is 7.47. The highest BCUT2D eigenvalue weighted by Gasteiger charge is 2.36. The Hall–Kier alpha value is -0.320. The Kier molecular flexibility index (Phi) is 3.53. The lowest BCUT2D eigenvalue weighted by molar-refractivity contribution is -0.136. The van der Waals surface area contributed by atoms with Crippen LogP contribution in [0.3, 0.4) is 0 Å². The van der Waals surface area contributed by atoms with Crippen molar-refractivity contribution in [3.8, 4) is 0 Å². The van der Waals surface area contributed by atoms with Crippen LogP contribution in [-0.4, -0.2) is 37.7 Å². The lowest BCUT2D eigenvalue weighted by Crippen LogP contribution is -2.63. The smallest absolute Gasteiger partial charge is 0.246 e. The highest BCUT2D eigenvalue weighted by Crippen LogP contribution is 2.18. The van der Waals surface area contributed by atoms with E-state index in [1.54, 1.807) is 0 Å². The number of carbonyl (C=O) groups excluding carboxylic acids is 1. The number of nitrogens with one attached hydrogen (secondary N) is 2. The Morgan fingerprint density at radius 2 is 2.31 bits per heavy atom. The molecule has 76 valence electrons. The second-order valence-electron chi connectivity index (χ2n) is 3.60. The van der Waals surface area contributed by atoms with Crippen molar-refractivity contribution < 1.29 is 9.53 Å². The molecule has 1 amide bonds. The Labute approximate surface area is 83.8 Å². The van der Waals surface area contributed by atoms with Crippen LogP contribution in [0.2, 0.25) is 0 Å². The van der Waals surface area contributed by atoms with E-state index in [1.165, 1.54) is 0 Å².